The van der Waals surface area contributed by atoms with Crippen LogP contribution in [0.25, 0.3) is 10.8 Å². The number of halogens is 1. The number of rotatable bonds is 4. The van der Waals surface area contributed by atoms with E-state index < -0.39 is 0 Å². The lowest BCUT2D eigenvalue weighted by molar-refractivity contribution is -0.689. The van der Waals surface area contributed by atoms with Gasteiger partial charge in [0, 0.05) is 24.1 Å². The van der Waals surface area contributed by atoms with E-state index in [2.05, 4.69) is 25.3 Å². The summed E-state index contributed by atoms with van der Waals surface area (Å²) >= 11 is 0. The maximum absolute atomic E-state index is 12.8. The Bertz CT molecular complexity index is 837. The molecule has 2 aromatic carbocycles. The molecule has 23 heavy (non-hydrogen) atoms. The van der Waals surface area contributed by atoms with Gasteiger partial charge >= 0.3 is 0 Å². The molecule has 0 unspecified atom stereocenters. The number of ketones is 1. The number of fused-ring (bicyclic) bond motifs is 1. The van der Waals surface area contributed by atoms with Crippen molar-refractivity contribution >= 4 is 16.6 Å². The largest absolute Gasteiger partial charge is 1.00 e. The molecule has 0 N–H and O–H groups in total. The number of aromatic nitrogens is 1. The average Bonchev–Trinajstić information content (AvgIpc) is 2.56. The topological polar surface area (TPSA) is 20.9 Å². The summed E-state index contributed by atoms with van der Waals surface area (Å²) in [5.41, 5.74) is 3.15. The Morgan fingerprint density at radius 3 is 2.52 bits per heavy atom. The summed E-state index contributed by atoms with van der Waals surface area (Å²) in [6.07, 6.45) is 3.06. The fraction of sp³-hybridized carbons (Fsp3) is 0.200. The van der Waals surface area contributed by atoms with E-state index in [4.69, 9.17) is 0 Å². The van der Waals surface area contributed by atoms with Crippen molar-refractivity contribution in [3.63, 3.8) is 0 Å². The van der Waals surface area contributed by atoms with Gasteiger partial charge in [0.15, 0.2) is 11.9 Å². The van der Waals surface area contributed by atoms with Gasteiger partial charge < -0.3 is 17.0 Å². The SMILES string of the molecule is CCc1ccc(C)[n+](CC(=O)c2cccc3ccccc23)c1.[Br-]. The lowest BCUT2D eigenvalue weighted by Crippen LogP contribution is -3.00. The highest BCUT2D eigenvalue weighted by Gasteiger charge is 2.17. The highest BCUT2D eigenvalue weighted by Crippen LogP contribution is 2.19. The van der Waals surface area contributed by atoms with Crippen LogP contribution in [0, 0.1) is 6.92 Å². The van der Waals surface area contributed by atoms with Crippen LogP contribution in [0.2, 0.25) is 0 Å². The minimum atomic E-state index is 0. The number of nitrogens with zero attached hydrogens (tertiary/aromatic N) is 1. The van der Waals surface area contributed by atoms with E-state index in [9.17, 15) is 4.79 Å². The van der Waals surface area contributed by atoms with Gasteiger partial charge in [0.1, 0.15) is 0 Å². The lowest BCUT2D eigenvalue weighted by atomic mass is 10.0. The maximum atomic E-state index is 12.8. The molecule has 0 bridgehead atoms. The zero-order valence-corrected chi connectivity index (χ0v) is 15.0. The van der Waals surface area contributed by atoms with Crippen molar-refractivity contribution in [2.24, 2.45) is 0 Å². The molecule has 0 saturated carbocycles. The molecule has 3 rings (SSSR count). The van der Waals surface area contributed by atoms with Gasteiger partial charge in [-0.1, -0.05) is 49.4 Å². The second-order valence-electron chi connectivity index (χ2n) is 5.61. The van der Waals surface area contributed by atoms with Crippen molar-refractivity contribution in [2.75, 3.05) is 0 Å². The number of carbonyl (C=O) groups is 1. The molecule has 0 amide bonds. The summed E-state index contributed by atoms with van der Waals surface area (Å²) in [5, 5.41) is 2.14. The zero-order chi connectivity index (χ0) is 15.5. The molecular weight excluding hydrogens is 350 g/mol. The van der Waals surface area contributed by atoms with Crippen molar-refractivity contribution in [2.45, 2.75) is 26.8 Å². The highest BCUT2D eigenvalue weighted by molar-refractivity contribution is 6.07. The smallest absolute Gasteiger partial charge is 0.228 e. The first kappa shape index (κ1) is 17.4. The number of hydrogen-bond donors (Lipinski definition) is 0. The Morgan fingerprint density at radius 2 is 1.74 bits per heavy atom. The van der Waals surface area contributed by atoms with Crippen molar-refractivity contribution in [1.82, 2.24) is 0 Å². The van der Waals surface area contributed by atoms with Crippen LogP contribution in [-0.2, 0) is 13.0 Å². The summed E-state index contributed by atoms with van der Waals surface area (Å²) in [4.78, 5) is 12.8. The molecule has 0 saturated heterocycles. The first-order valence-corrected chi connectivity index (χ1v) is 7.69. The molecule has 118 valence electrons. The summed E-state index contributed by atoms with van der Waals surface area (Å²) in [5.74, 6) is 0.151. The van der Waals surface area contributed by atoms with Gasteiger partial charge in [-0.2, -0.15) is 4.57 Å². The third-order valence-electron chi connectivity index (χ3n) is 4.13. The summed E-state index contributed by atoms with van der Waals surface area (Å²) in [7, 11) is 0. The average molecular weight is 370 g/mol. The molecular formula is C20H20BrNO. The normalized spacial score (nSPS) is 10.3. The van der Waals surface area contributed by atoms with Crippen LogP contribution in [0.5, 0.6) is 0 Å². The molecule has 0 aliphatic heterocycles. The van der Waals surface area contributed by atoms with Crippen LogP contribution in [0.3, 0.4) is 0 Å². The Hall–Kier alpha value is -2.00. The van der Waals surface area contributed by atoms with Crippen molar-refractivity contribution in [3.05, 3.63) is 77.6 Å². The first-order chi connectivity index (χ1) is 10.7. The Kier molecular flexibility index (Phi) is 5.67. The van der Waals surface area contributed by atoms with Gasteiger partial charge in [-0.05, 0) is 23.3 Å². The van der Waals surface area contributed by atoms with Crippen molar-refractivity contribution < 1.29 is 26.3 Å². The Morgan fingerprint density at radius 1 is 1.00 bits per heavy atom. The van der Waals surface area contributed by atoms with Crippen molar-refractivity contribution in [1.29, 1.82) is 0 Å². The number of Topliss-reactive ketones (excluding diaryl/α,β-unsaturated/α-hetero) is 1. The standard InChI is InChI=1S/C20H20NO.BrH/c1-3-16-12-11-15(2)21(13-16)14-20(22)19-10-6-8-17-7-4-5-9-18(17)19;/h4-13H,3,14H2,1-2H3;1H/q+1;/p-1. The van der Waals surface area contributed by atoms with E-state index in [-0.39, 0.29) is 22.8 Å². The van der Waals surface area contributed by atoms with E-state index >= 15 is 0 Å². The van der Waals surface area contributed by atoms with Gasteiger partial charge in [0.2, 0.25) is 12.3 Å². The van der Waals surface area contributed by atoms with Crippen LogP contribution < -0.4 is 21.5 Å². The number of hydrogen-bond acceptors (Lipinski definition) is 1. The van der Waals surface area contributed by atoms with Gasteiger partial charge in [0.05, 0.1) is 0 Å². The zero-order valence-electron chi connectivity index (χ0n) is 13.4. The van der Waals surface area contributed by atoms with Gasteiger partial charge in [-0.25, -0.2) is 0 Å². The third-order valence-corrected chi connectivity index (χ3v) is 4.13. The third kappa shape index (κ3) is 3.67. The van der Waals surface area contributed by atoms with Crippen LogP contribution in [0.1, 0.15) is 28.5 Å². The molecule has 2 nitrogen and oxygen atoms in total. The number of aryl methyl sites for hydroxylation is 2. The van der Waals surface area contributed by atoms with Gasteiger partial charge in [-0.15, -0.1) is 0 Å². The van der Waals surface area contributed by atoms with Crippen LogP contribution in [0.4, 0.5) is 0 Å². The second kappa shape index (κ2) is 7.51. The molecule has 0 aliphatic carbocycles. The van der Waals surface area contributed by atoms with E-state index in [1.54, 1.807) is 0 Å². The molecule has 0 atom stereocenters. The summed E-state index contributed by atoms with van der Waals surface area (Å²) in [6.45, 7) is 4.55. The minimum Gasteiger partial charge on any atom is -1.00 e. The Balaban J connectivity index is 0.00000192. The second-order valence-corrected chi connectivity index (χ2v) is 5.61. The first-order valence-electron chi connectivity index (χ1n) is 7.69. The molecule has 0 aliphatic rings. The van der Waals surface area contributed by atoms with Crippen LogP contribution in [0.15, 0.2) is 60.8 Å². The predicted octanol–water partition coefficient (Wildman–Crippen LogP) is 0.885. The molecule has 0 spiro atoms. The van der Waals surface area contributed by atoms with Crippen molar-refractivity contribution in [3.8, 4) is 0 Å². The number of benzene rings is 2. The fourth-order valence-corrected chi connectivity index (χ4v) is 2.76. The summed E-state index contributed by atoms with van der Waals surface area (Å²) < 4.78 is 2.04. The fourth-order valence-electron chi connectivity index (χ4n) is 2.76. The van der Waals surface area contributed by atoms with Gasteiger partial charge in [0.25, 0.3) is 0 Å². The number of pyridine rings is 1. The van der Waals surface area contributed by atoms with E-state index in [0.717, 1.165) is 28.5 Å². The van der Waals surface area contributed by atoms with Crippen LogP contribution >= 0.6 is 0 Å². The molecule has 0 fully saturated rings. The highest BCUT2D eigenvalue weighted by atomic mass is 79.9. The molecule has 3 aromatic rings. The van der Waals surface area contributed by atoms with E-state index in [1.165, 1.54) is 5.56 Å². The maximum Gasteiger partial charge on any atom is 0.228 e. The summed E-state index contributed by atoms with van der Waals surface area (Å²) in [6, 6.07) is 18.2. The number of carbonyl (C=O) groups excluding carboxylic acids is 1. The van der Waals surface area contributed by atoms with Gasteiger partial charge in [-0.3, -0.25) is 4.79 Å². The molecule has 0 radical (unpaired) electrons. The quantitative estimate of drug-likeness (QED) is 0.494. The monoisotopic (exact) mass is 369 g/mol. The lowest BCUT2D eigenvalue weighted by Gasteiger charge is -2.06. The van der Waals surface area contributed by atoms with Crippen LogP contribution in [-0.4, -0.2) is 5.78 Å². The minimum absolute atomic E-state index is 0. The molecule has 1 heterocycles. The Labute approximate surface area is 147 Å². The van der Waals surface area contributed by atoms with E-state index in [0.29, 0.717) is 6.54 Å². The van der Waals surface area contributed by atoms with E-state index in [1.807, 2.05) is 54.0 Å². The molecule has 1 aromatic heterocycles. The molecule has 3 heteroatoms. The predicted molar refractivity (Wildman–Crippen MR) is 89.0 cm³/mol.